The van der Waals surface area contributed by atoms with Crippen LogP contribution in [0.4, 0.5) is 13.2 Å². The number of likely N-dealkylation sites (tertiary alicyclic amines) is 1. The summed E-state index contributed by atoms with van der Waals surface area (Å²) in [6.07, 6.45) is 0.597. The van der Waals surface area contributed by atoms with Gasteiger partial charge in [-0.25, -0.2) is 18.0 Å². The van der Waals surface area contributed by atoms with Gasteiger partial charge in [0.25, 0.3) is 0 Å². The van der Waals surface area contributed by atoms with Crippen LogP contribution in [0.5, 0.6) is 0 Å². The lowest BCUT2D eigenvalue weighted by molar-refractivity contribution is -0.939. The van der Waals surface area contributed by atoms with Gasteiger partial charge in [0.15, 0.2) is 11.7 Å². The highest BCUT2D eigenvalue weighted by Gasteiger charge is 2.60. The molecule has 2 aromatic carbocycles. The molecule has 0 aromatic heterocycles. The van der Waals surface area contributed by atoms with Crippen LogP contribution in [0, 0.1) is 17.7 Å². The maximum atomic E-state index is 14.1. The zero-order chi connectivity index (χ0) is 24.1. The topological polar surface area (TPSA) is 46.5 Å². The van der Waals surface area contributed by atoms with Gasteiger partial charge in [-0.3, -0.25) is 0 Å². The van der Waals surface area contributed by atoms with E-state index in [1.54, 1.807) is 42.5 Å². The summed E-state index contributed by atoms with van der Waals surface area (Å²) >= 11 is 0. The number of halogens is 3. The minimum Gasteiger partial charge on any atom is -0.453 e. The highest BCUT2D eigenvalue weighted by molar-refractivity contribution is 5.82. The minimum absolute atomic E-state index is 0.0454. The van der Waals surface area contributed by atoms with Crippen molar-refractivity contribution < 1.29 is 32.3 Å². The molecule has 3 unspecified atom stereocenters. The summed E-state index contributed by atoms with van der Waals surface area (Å²) in [6.45, 7) is 1.50. The van der Waals surface area contributed by atoms with Crippen LogP contribution in [0.3, 0.4) is 0 Å². The fourth-order valence-corrected chi connectivity index (χ4v) is 6.66. The van der Waals surface area contributed by atoms with Crippen LogP contribution in [0.1, 0.15) is 43.2 Å². The zero-order valence-electron chi connectivity index (χ0n) is 19.3. The number of carbonyl (C=O) groups is 1. The van der Waals surface area contributed by atoms with Crippen molar-refractivity contribution in [1.29, 1.82) is 0 Å². The third-order valence-electron chi connectivity index (χ3n) is 8.35. The molecule has 1 aliphatic heterocycles. The molecule has 1 heterocycles. The molecular weight excluding hydrogens is 443 g/mol. The molecule has 0 radical (unpaired) electrons. The van der Waals surface area contributed by atoms with E-state index in [1.165, 1.54) is 12.1 Å². The van der Waals surface area contributed by atoms with Gasteiger partial charge < -0.3 is 14.3 Å². The van der Waals surface area contributed by atoms with Crippen molar-refractivity contribution in [1.82, 2.24) is 0 Å². The Bertz CT molecular complexity index is 1050. The van der Waals surface area contributed by atoms with Gasteiger partial charge >= 0.3 is 5.97 Å². The van der Waals surface area contributed by atoms with Crippen molar-refractivity contribution in [2.45, 2.75) is 62.3 Å². The van der Waals surface area contributed by atoms with Crippen LogP contribution in [-0.2, 0) is 21.7 Å². The summed E-state index contributed by atoms with van der Waals surface area (Å²) in [5.41, 5.74) is -0.795. The fourth-order valence-electron chi connectivity index (χ4n) is 6.66. The van der Waals surface area contributed by atoms with Crippen LogP contribution < -0.4 is 0 Å². The summed E-state index contributed by atoms with van der Waals surface area (Å²) in [5, 5.41) is 11.7. The first-order valence-corrected chi connectivity index (χ1v) is 12.1. The van der Waals surface area contributed by atoms with Gasteiger partial charge in [-0.05, 0) is 30.5 Å². The van der Waals surface area contributed by atoms with Crippen molar-refractivity contribution in [2.75, 3.05) is 13.6 Å². The van der Waals surface area contributed by atoms with Crippen LogP contribution in [0.2, 0.25) is 0 Å². The summed E-state index contributed by atoms with van der Waals surface area (Å²) in [4.78, 5) is 13.6. The van der Waals surface area contributed by atoms with Gasteiger partial charge in [-0.2, -0.15) is 0 Å². The Balaban J connectivity index is 1.38. The molecule has 2 bridgehead atoms. The molecule has 6 atom stereocenters. The van der Waals surface area contributed by atoms with Crippen molar-refractivity contribution >= 4 is 5.97 Å². The van der Waals surface area contributed by atoms with Crippen LogP contribution in [-0.4, -0.2) is 47.2 Å². The molecule has 4 nitrogen and oxygen atoms in total. The first-order chi connectivity index (χ1) is 16.1. The van der Waals surface area contributed by atoms with Gasteiger partial charge in [0.1, 0.15) is 18.4 Å². The highest BCUT2D eigenvalue weighted by atomic mass is 19.3. The number of nitrogens with zero attached hydrogens (tertiary/aromatic N) is 1. The second kappa shape index (κ2) is 8.38. The van der Waals surface area contributed by atoms with E-state index in [4.69, 9.17) is 4.74 Å². The molecule has 5 rings (SSSR count). The smallest absolute Gasteiger partial charge is 0.343 e. The monoisotopic (exact) mass is 474 g/mol. The van der Waals surface area contributed by atoms with Crippen molar-refractivity contribution in [3.05, 3.63) is 71.5 Å². The van der Waals surface area contributed by atoms with Gasteiger partial charge in [0.05, 0.1) is 19.5 Å². The number of aliphatic hydroxyl groups is 1. The number of hydrogen-bond donors (Lipinski definition) is 1. The summed E-state index contributed by atoms with van der Waals surface area (Å²) in [6, 6.07) is 14.9. The van der Waals surface area contributed by atoms with Gasteiger partial charge in [0.2, 0.25) is 5.92 Å². The molecule has 3 aliphatic rings. The maximum Gasteiger partial charge on any atom is 0.343 e. The molecule has 7 heteroatoms. The van der Waals surface area contributed by atoms with Crippen molar-refractivity contribution in [3.8, 4) is 0 Å². The molecule has 34 heavy (non-hydrogen) atoms. The van der Waals surface area contributed by atoms with Gasteiger partial charge in [0, 0.05) is 30.7 Å². The van der Waals surface area contributed by atoms with E-state index in [0.29, 0.717) is 16.6 Å². The second-order valence-corrected chi connectivity index (χ2v) is 10.6. The molecule has 1 N–H and O–H groups in total. The van der Waals surface area contributed by atoms with E-state index in [9.17, 15) is 23.1 Å². The predicted octanol–water partition coefficient (Wildman–Crippen LogP) is 4.80. The maximum absolute atomic E-state index is 14.1. The van der Waals surface area contributed by atoms with E-state index in [1.807, 2.05) is 0 Å². The van der Waals surface area contributed by atoms with E-state index in [2.05, 4.69) is 7.05 Å². The molecule has 182 valence electrons. The number of esters is 1. The number of alkyl halides is 2. The molecule has 1 saturated heterocycles. The lowest BCUT2D eigenvalue weighted by atomic mass is 9.80. The lowest BCUT2D eigenvalue weighted by Crippen LogP contribution is -2.52. The standard InChI is InChI=1S/C27H31F3NO3/c1-31(16-18-7-10-22(28)11-8-18)17-19-9-12-23(31)24(19)34-25(32)27(33,20-5-3-2-4-6-20)21-13-14-26(29,30)15-21/h2-8,10-11,19,21,23-24,33H,9,12-17H2,1H3/q+1/t19?,21-,23-,24?,27+,31?/m1/s1. The number of quaternary nitrogens is 1. The number of rotatable bonds is 6. The van der Waals surface area contributed by atoms with Crippen LogP contribution in [0.15, 0.2) is 54.6 Å². The van der Waals surface area contributed by atoms with Crippen molar-refractivity contribution in [3.63, 3.8) is 0 Å². The Hall–Kier alpha value is -2.38. The first-order valence-electron chi connectivity index (χ1n) is 12.1. The predicted molar refractivity (Wildman–Crippen MR) is 120 cm³/mol. The summed E-state index contributed by atoms with van der Waals surface area (Å²) in [7, 11) is 2.12. The number of likely N-dealkylation sites (N-methyl/N-ethyl adjacent to an activating group) is 1. The van der Waals surface area contributed by atoms with E-state index in [0.717, 1.165) is 24.9 Å². The number of ether oxygens (including phenoxy) is 1. The number of benzene rings is 2. The van der Waals surface area contributed by atoms with Gasteiger partial charge in [-0.15, -0.1) is 0 Å². The number of carbonyl (C=O) groups excluding carboxylic acids is 1. The second-order valence-electron chi connectivity index (χ2n) is 10.6. The Morgan fingerprint density at radius 2 is 1.82 bits per heavy atom. The van der Waals surface area contributed by atoms with E-state index >= 15 is 0 Å². The number of piperidine rings is 1. The van der Waals surface area contributed by atoms with Crippen LogP contribution in [0.25, 0.3) is 0 Å². The molecule has 2 saturated carbocycles. The quantitative estimate of drug-likeness (QED) is 0.483. The molecular formula is C27H31F3NO3+. The van der Waals surface area contributed by atoms with E-state index in [-0.39, 0.29) is 36.7 Å². The zero-order valence-corrected chi connectivity index (χ0v) is 19.3. The Labute approximate surface area is 197 Å². The number of fused-ring (bicyclic) bond motifs is 2. The summed E-state index contributed by atoms with van der Waals surface area (Å²) < 4.78 is 48.2. The Morgan fingerprint density at radius 3 is 2.47 bits per heavy atom. The molecule has 2 aliphatic carbocycles. The average Bonchev–Trinajstić information content (AvgIpc) is 3.45. The SMILES string of the molecule is C[N+]1(Cc2ccc(F)cc2)CC2CC[C@@H]1C2OC(=O)[C@](O)(c1ccccc1)[C@@H]1CCC(F)(F)C1. The average molecular weight is 475 g/mol. The summed E-state index contributed by atoms with van der Waals surface area (Å²) in [5.74, 6) is -4.76. The third-order valence-corrected chi connectivity index (χ3v) is 8.35. The molecule has 0 spiro atoms. The van der Waals surface area contributed by atoms with Crippen LogP contribution >= 0.6 is 0 Å². The Morgan fingerprint density at radius 1 is 1.12 bits per heavy atom. The third kappa shape index (κ3) is 4.03. The lowest BCUT2D eigenvalue weighted by Gasteiger charge is -2.39. The van der Waals surface area contributed by atoms with E-state index < -0.39 is 29.8 Å². The molecule has 3 fully saturated rings. The highest BCUT2D eigenvalue weighted by Crippen LogP contribution is 2.50. The Kier molecular flexibility index (Phi) is 5.76. The first kappa shape index (κ1) is 23.4. The normalized spacial score (nSPS) is 33.6. The minimum atomic E-state index is -2.90. The molecule has 0 amide bonds. The number of hydrogen-bond acceptors (Lipinski definition) is 3. The van der Waals surface area contributed by atoms with Gasteiger partial charge in [-0.1, -0.05) is 42.5 Å². The fraction of sp³-hybridized carbons (Fsp3) is 0.519. The van der Waals surface area contributed by atoms with Crippen molar-refractivity contribution in [2.24, 2.45) is 11.8 Å². The molecule has 2 aromatic rings. The largest absolute Gasteiger partial charge is 0.453 e.